The first-order valence-electron chi connectivity index (χ1n) is 8.27. The Bertz CT molecular complexity index is 764. The quantitative estimate of drug-likeness (QED) is 0.856. The smallest absolute Gasteiger partial charge is 0.239 e. The van der Waals surface area contributed by atoms with E-state index in [9.17, 15) is 4.79 Å². The third-order valence-electron chi connectivity index (χ3n) is 3.85. The molecule has 3 rings (SSSR count). The van der Waals surface area contributed by atoms with Crippen LogP contribution < -0.4 is 20.1 Å². The lowest BCUT2D eigenvalue weighted by atomic mass is 10.1. The highest BCUT2D eigenvalue weighted by Crippen LogP contribution is 2.37. The number of carbonyl (C=O) groups is 1. The van der Waals surface area contributed by atoms with E-state index in [0.717, 1.165) is 12.0 Å². The number of hydrogen-bond acceptors (Lipinski definition) is 4. The third kappa shape index (κ3) is 4.79. The molecule has 0 spiro atoms. The molecule has 0 aliphatic carbocycles. The molecule has 0 atom stereocenters. The molecule has 0 fully saturated rings. The van der Waals surface area contributed by atoms with E-state index in [0.29, 0.717) is 42.0 Å². The van der Waals surface area contributed by atoms with Crippen LogP contribution in [0.5, 0.6) is 11.5 Å². The van der Waals surface area contributed by atoms with Crippen molar-refractivity contribution in [2.75, 3.05) is 25.1 Å². The fourth-order valence-corrected chi connectivity index (χ4v) is 2.80. The van der Waals surface area contributed by atoms with E-state index in [2.05, 4.69) is 10.6 Å². The van der Waals surface area contributed by atoms with Gasteiger partial charge in [0.1, 0.15) is 0 Å². The largest absolute Gasteiger partial charge is 0.490 e. The maximum atomic E-state index is 12.1. The van der Waals surface area contributed by atoms with Crippen LogP contribution in [0.2, 0.25) is 5.02 Å². The summed E-state index contributed by atoms with van der Waals surface area (Å²) >= 11 is 6.26. The minimum Gasteiger partial charge on any atom is -0.490 e. The Kier molecular flexibility index (Phi) is 5.66. The molecular weight excluding hydrogens is 340 g/mol. The van der Waals surface area contributed by atoms with Gasteiger partial charge in [-0.3, -0.25) is 4.79 Å². The highest BCUT2D eigenvalue weighted by Gasteiger charge is 2.14. The molecule has 0 saturated carbocycles. The van der Waals surface area contributed by atoms with E-state index in [-0.39, 0.29) is 12.5 Å². The summed E-state index contributed by atoms with van der Waals surface area (Å²) < 4.78 is 11.2. The van der Waals surface area contributed by atoms with Gasteiger partial charge in [-0.25, -0.2) is 0 Å². The average Bonchev–Trinajstić information content (AvgIpc) is 2.82. The Balaban J connectivity index is 1.56. The van der Waals surface area contributed by atoms with Gasteiger partial charge in [-0.2, -0.15) is 0 Å². The molecule has 5 nitrogen and oxygen atoms in total. The molecule has 1 aliphatic rings. The van der Waals surface area contributed by atoms with Crippen molar-refractivity contribution in [2.24, 2.45) is 0 Å². The SMILES string of the molecule is Cc1cccc(CNC(=O)CNc2cc3c(cc2Cl)OCCCO3)c1. The molecule has 6 heteroatoms. The van der Waals surface area contributed by atoms with Gasteiger partial charge >= 0.3 is 0 Å². The number of aryl methyl sites for hydroxylation is 1. The van der Waals surface area contributed by atoms with Crippen LogP contribution in [0.3, 0.4) is 0 Å². The number of nitrogens with one attached hydrogen (secondary N) is 2. The second-order valence-corrected chi connectivity index (χ2v) is 6.36. The Labute approximate surface area is 152 Å². The number of hydrogen-bond donors (Lipinski definition) is 2. The number of fused-ring (bicyclic) bond motifs is 1. The van der Waals surface area contributed by atoms with Crippen molar-refractivity contribution < 1.29 is 14.3 Å². The van der Waals surface area contributed by atoms with Crippen molar-refractivity contribution in [1.82, 2.24) is 5.32 Å². The van der Waals surface area contributed by atoms with Crippen LogP contribution in [0, 0.1) is 6.92 Å². The summed E-state index contributed by atoms with van der Waals surface area (Å²) in [5.74, 6) is 1.17. The van der Waals surface area contributed by atoms with Gasteiger partial charge in [0, 0.05) is 25.1 Å². The zero-order chi connectivity index (χ0) is 17.6. The molecule has 2 aromatic rings. The number of amides is 1. The standard InChI is InChI=1S/C19H21ClN2O3/c1-13-4-2-5-14(8-13)11-22-19(23)12-21-16-10-18-17(9-15(16)20)24-6-3-7-25-18/h2,4-5,8-10,21H,3,6-7,11-12H2,1H3,(H,22,23). The summed E-state index contributed by atoms with van der Waals surface area (Å²) in [6.45, 7) is 3.86. The maximum Gasteiger partial charge on any atom is 0.239 e. The predicted molar refractivity (Wildman–Crippen MR) is 98.6 cm³/mol. The van der Waals surface area contributed by atoms with Gasteiger partial charge in [0.05, 0.1) is 30.5 Å². The van der Waals surface area contributed by atoms with Gasteiger partial charge in [-0.1, -0.05) is 41.4 Å². The van der Waals surface area contributed by atoms with E-state index in [4.69, 9.17) is 21.1 Å². The molecule has 2 aromatic carbocycles. The Morgan fingerprint density at radius 1 is 1.16 bits per heavy atom. The molecule has 0 radical (unpaired) electrons. The molecule has 1 heterocycles. The number of benzene rings is 2. The van der Waals surface area contributed by atoms with Crippen LogP contribution in [0.4, 0.5) is 5.69 Å². The first-order chi connectivity index (χ1) is 12.1. The van der Waals surface area contributed by atoms with Crippen molar-refractivity contribution in [3.05, 3.63) is 52.5 Å². The van der Waals surface area contributed by atoms with E-state index < -0.39 is 0 Å². The lowest BCUT2D eigenvalue weighted by Crippen LogP contribution is -2.29. The number of rotatable bonds is 5. The fourth-order valence-electron chi connectivity index (χ4n) is 2.58. The molecule has 1 aliphatic heterocycles. The second kappa shape index (κ2) is 8.12. The highest BCUT2D eigenvalue weighted by atomic mass is 35.5. The third-order valence-corrected chi connectivity index (χ3v) is 4.16. The Morgan fingerprint density at radius 2 is 1.92 bits per heavy atom. The molecule has 0 aromatic heterocycles. The van der Waals surface area contributed by atoms with Crippen LogP contribution in [-0.2, 0) is 11.3 Å². The summed E-state index contributed by atoms with van der Waals surface area (Å²) in [6, 6.07) is 11.5. The number of halogens is 1. The van der Waals surface area contributed by atoms with Gasteiger partial charge in [-0.05, 0) is 12.5 Å². The zero-order valence-corrected chi connectivity index (χ0v) is 14.9. The van der Waals surface area contributed by atoms with E-state index in [1.165, 1.54) is 5.56 Å². The summed E-state index contributed by atoms with van der Waals surface area (Å²) in [7, 11) is 0. The van der Waals surface area contributed by atoms with Crippen molar-refractivity contribution in [2.45, 2.75) is 19.9 Å². The van der Waals surface area contributed by atoms with Crippen LogP contribution in [0.15, 0.2) is 36.4 Å². The molecule has 0 saturated heterocycles. The summed E-state index contributed by atoms with van der Waals surface area (Å²) in [5.41, 5.74) is 2.89. The number of ether oxygens (including phenoxy) is 2. The van der Waals surface area contributed by atoms with Gasteiger partial charge in [0.2, 0.25) is 5.91 Å². The first-order valence-corrected chi connectivity index (χ1v) is 8.65. The van der Waals surface area contributed by atoms with Crippen molar-refractivity contribution in [3.63, 3.8) is 0 Å². The first kappa shape index (κ1) is 17.4. The lowest BCUT2D eigenvalue weighted by Gasteiger charge is -2.13. The van der Waals surface area contributed by atoms with Crippen LogP contribution in [0.1, 0.15) is 17.5 Å². The van der Waals surface area contributed by atoms with E-state index in [1.807, 2.05) is 31.2 Å². The van der Waals surface area contributed by atoms with Gasteiger partial charge in [-0.15, -0.1) is 0 Å². The van der Waals surface area contributed by atoms with Crippen LogP contribution >= 0.6 is 11.6 Å². The molecule has 0 unspecified atom stereocenters. The summed E-state index contributed by atoms with van der Waals surface area (Å²) in [6.07, 6.45) is 0.830. The molecule has 132 valence electrons. The second-order valence-electron chi connectivity index (χ2n) is 5.95. The van der Waals surface area contributed by atoms with Crippen molar-refractivity contribution in [3.8, 4) is 11.5 Å². The van der Waals surface area contributed by atoms with Crippen LogP contribution in [-0.4, -0.2) is 25.7 Å². The molecule has 1 amide bonds. The monoisotopic (exact) mass is 360 g/mol. The predicted octanol–water partition coefficient (Wildman–Crippen LogP) is 3.54. The highest BCUT2D eigenvalue weighted by molar-refractivity contribution is 6.33. The fraction of sp³-hybridized carbons (Fsp3) is 0.316. The minimum absolute atomic E-state index is 0.107. The molecule has 25 heavy (non-hydrogen) atoms. The number of anilines is 1. The normalized spacial score (nSPS) is 13.0. The van der Waals surface area contributed by atoms with Crippen LogP contribution in [0.25, 0.3) is 0 Å². The summed E-state index contributed by atoms with van der Waals surface area (Å²) in [5, 5.41) is 6.44. The zero-order valence-electron chi connectivity index (χ0n) is 14.1. The Morgan fingerprint density at radius 3 is 2.68 bits per heavy atom. The minimum atomic E-state index is -0.107. The molecule has 0 bridgehead atoms. The van der Waals surface area contributed by atoms with Crippen molar-refractivity contribution in [1.29, 1.82) is 0 Å². The average molecular weight is 361 g/mol. The van der Waals surface area contributed by atoms with Gasteiger partial charge in [0.15, 0.2) is 11.5 Å². The topological polar surface area (TPSA) is 59.6 Å². The molecule has 2 N–H and O–H groups in total. The van der Waals surface area contributed by atoms with Crippen molar-refractivity contribution >= 4 is 23.2 Å². The van der Waals surface area contributed by atoms with Gasteiger partial charge < -0.3 is 20.1 Å². The van der Waals surface area contributed by atoms with Gasteiger partial charge in [0.25, 0.3) is 0 Å². The lowest BCUT2D eigenvalue weighted by molar-refractivity contribution is -0.119. The van der Waals surface area contributed by atoms with E-state index in [1.54, 1.807) is 12.1 Å². The summed E-state index contributed by atoms with van der Waals surface area (Å²) in [4.78, 5) is 12.1. The van der Waals surface area contributed by atoms with E-state index >= 15 is 0 Å². The maximum absolute atomic E-state index is 12.1. The molecular formula is C19H21ClN2O3. The Hall–Kier alpha value is -2.40. The number of carbonyl (C=O) groups excluding carboxylic acids is 1.